The first kappa shape index (κ1) is 21.9. The van der Waals surface area contributed by atoms with Crippen molar-refractivity contribution in [3.63, 3.8) is 0 Å². The monoisotopic (exact) mass is 423 g/mol. The van der Waals surface area contributed by atoms with Gasteiger partial charge in [0, 0.05) is 37.2 Å². The summed E-state index contributed by atoms with van der Waals surface area (Å²) in [4.78, 5) is 17.9. The molecule has 1 aromatic carbocycles. The molecule has 0 aliphatic carbocycles. The minimum Gasteiger partial charge on any atom is -0.457 e. The standard InChI is InChI=1S/C21H24F3N3O3/c1-14(2)20(29)5-9-27(10-6-20)19(28)26-16-11-15(21(22,23)24)12-18(13-16)30-17-3-7-25-8-4-17/h3-4,7-8,11-14,29H,5-6,9-10H2,1-2H3,(H,26,28). The van der Waals surface area contributed by atoms with E-state index in [0.29, 0.717) is 31.7 Å². The van der Waals surface area contributed by atoms with Crippen molar-refractivity contribution >= 4 is 11.7 Å². The van der Waals surface area contributed by atoms with Gasteiger partial charge in [-0.05, 0) is 43.0 Å². The van der Waals surface area contributed by atoms with Gasteiger partial charge in [-0.25, -0.2) is 4.79 Å². The van der Waals surface area contributed by atoms with Gasteiger partial charge in [-0.1, -0.05) is 13.8 Å². The number of hydrogen-bond donors (Lipinski definition) is 2. The van der Waals surface area contributed by atoms with Gasteiger partial charge in [0.15, 0.2) is 0 Å². The maximum absolute atomic E-state index is 13.3. The molecule has 0 spiro atoms. The van der Waals surface area contributed by atoms with Crippen LogP contribution >= 0.6 is 0 Å². The number of hydrogen-bond acceptors (Lipinski definition) is 4. The Balaban J connectivity index is 1.76. The Morgan fingerprint density at radius 1 is 1.17 bits per heavy atom. The van der Waals surface area contributed by atoms with Gasteiger partial charge in [0.2, 0.25) is 0 Å². The number of ether oxygens (including phenoxy) is 1. The summed E-state index contributed by atoms with van der Waals surface area (Å²) in [6.07, 6.45) is -0.856. The predicted molar refractivity (Wildman–Crippen MR) is 105 cm³/mol. The molecule has 2 heterocycles. The summed E-state index contributed by atoms with van der Waals surface area (Å²) >= 11 is 0. The summed E-state index contributed by atoms with van der Waals surface area (Å²) in [7, 11) is 0. The third-order valence-corrected chi connectivity index (χ3v) is 5.36. The fourth-order valence-corrected chi connectivity index (χ4v) is 3.31. The first-order valence-corrected chi connectivity index (χ1v) is 9.65. The van der Waals surface area contributed by atoms with E-state index in [9.17, 15) is 23.1 Å². The Labute approximate surface area is 172 Å². The molecule has 6 nitrogen and oxygen atoms in total. The maximum atomic E-state index is 13.3. The Morgan fingerprint density at radius 2 is 1.80 bits per heavy atom. The van der Waals surface area contributed by atoms with Crippen molar-refractivity contribution in [2.45, 2.75) is 38.5 Å². The summed E-state index contributed by atoms with van der Waals surface area (Å²) in [6.45, 7) is 4.48. The Morgan fingerprint density at radius 3 is 2.37 bits per heavy atom. The molecule has 2 N–H and O–H groups in total. The summed E-state index contributed by atoms with van der Waals surface area (Å²) in [5, 5.41) is 13.1. The number of halogens is 3. The number of nitrogens with zero attached hydrogens (tertiary/aromatic N) is 2. The predicted octanol–water partition coefficient (Wildman–Crippen LogP) is 4.91. The molecule has 1 aromatic heterocycles. The number of benzene rings is 1. The smallest absolute Gasteiger partial charge is 0.416 e. The summed E-state index contributed by atoms with van der Waals surface area (Å²) in [6, 6.07) is 5.59. The van der Waals surface area contributed by atoms with Crippen molar-refractivity contribution in [2.75, 3.05) is 18.4 Å². The number of piperidine rings is 1. The Kier molecular flexibility index (Phi) is 6.21. The molecule has 0 unspecified atom stereocenters. The fourth-order valence-electron chi connectivity index (χ4n) is 3.31. The van der Waals surface area contributed by atoms with E-state index in [4.69, 9.17) is 4.74 Å². The minimum atomic E-state index is -4.60. The second-order valence-electron chi connectivity index (χ2n) is 7.70. The number of urea groups is 1. The summed E-state index contributed by atoms with van der Waals surface area (Å²) in [5.41, 5.74) is -1.79. The van der Waals surface area contributed by atoms with E-state index in [1.165, 1.54) is 35.5 Å². The van der Waals surface area contributed by atoms with E-state index in [1.54, 1.807) is 0 Å². The third kappa shape index (κ3) is 5.21. The van der Waals surface area contributed by atoms with Crippen molar-refractivity contribution in [3.05, 3.63) is 48.3 Å². The van der Waals surface area contributed by atoms with E-state index in [-0.39, 0.29) is 17.4 Å². The zero-order chi connectivity index (χ0) is 21.9. The maximum Gasteiger partial charge on any atom is 0.416 e. The van der Waals surface area contributed by atoms with Crippen LogP contribution in [0.25, 0.3) is 0 Å². The van der Waals surface area contributed by atoms with Gasteiger partial charge >= 0.3 is 12.2 Å². The van der Waals surface area contributed by atoms with E-state index in [2.05, 4.69) is 10.3 Å². The number of carbonyl (C=O) groups is 1. The van der Waals surface area contributed by atoms with Crippen molar-refractivity contribution in [2.24, 2.45) is 5.92 Å². The summed E-state index contributed by atoms with van der Waals surface area (Å²) < 4.78 is 45.5. The molecule has 2 amide bonds. The number of rotatable bonds is 4. The van der Waals surface area contributed by atoms with Gasteiger partial charge < -0.3 is 20.1 Å². The number of anilines is 1. The highest BCUT2D eigenvalue weighted by molar-refractivity contribution is 5.89. The highest BCUT2D eigenvalue weighted by Crippen LogP contribution is 2.36. The van der Waals surface area contributed by atoms with Crippen LogP contribution in [0.1, 0.15) is 32.3 Å². The molecule has 162 valence electrons. The third-order valence-electron chi connectivity index (χ3n) is 5.36. The number of carbonyl (C=O) groups excluding carboxylic acids is 1. The lowest BCUT2D eigenvalue weighted by atomic mass is 9.82. The lowest BCUT2D eigenvalue weighted by Gasteiger charge is -2.40. The van der Waals surface area contributed by atoms with Crippen LogP contribution < -0.4 is 10.1 Å². The normalized spacial score (nSPS) is 16.4. The van der Waals surface area contributed by atoms with Crippen LogP contribution in [0.5, 0.6) is 11.5 Å². The molecule has 2 aromatic rings. The van der Waals surface area contributed by atoms with E-state index >= 15 is 0 Å². The number of aliphatic hydroxyl groups is 1. The first-order chi connectivity index (χ1) is 14.1. The number of likely N-dealkylation sites (tertiary alicyclic amines) is 1. The van der Waals surface area contributed by atoms with Gasteiger partial charge in [-0.15, -0.1) is 0 Å². The molecule has 3 rings (SSSR count). The van der Waals surface area contributed by atoms with Crippen LogP contribution in [-0.2, 0) is 6.18 Å². The van der Waals surface area contributed by atoms with Crippen LogP contribution in [0, 0.1) is 5.92 Å². The molecule has 9 heteroatoms. The molecule has 0 radical (unpaired) electrons. The summed E-state index contributed by atoms with van der Waals surface area (Å²) in [5.74, 6) is 0.323. The highest BCUT2D eigenvalue weighted by atomic mass is 19.4. The molecule has 0 saturated carbocycles. The van der Waals surface area contributed by atoms with Gasteiger partial charge in [0.25, 0.3) is 0 Å². The van der Waals surface area contributed by atoms with Crippen LogP contribution in [0.2, 0.25) is 0 Å². The zero-order valence-corrected chi connectivity index (χ0v) is 16.7. The first-order valence-electron chi connectivity index (χ1n) is 9.65. The second kappa shape index (κ2) is 8.51. The molecular formula is C21H24F3N3O3. The number of pyridine rings is 1. The number of aromatic nitrogens is 1. The van der Waals surface area contributed by atoms with Crippen molar-refractivity contribution < 1.29 is 27.8 Å². The second-order valence-corrected chi connectivity index (χ2v) is 7.70. The van der Waals surface area contributed by atoms with Gasteiger partial charge in [0.1, 0.15) is 11.5 Å². The van der Waals surface area contributed by atoms with Crippen molar-refractivity contribution in [1.82, 2.24) is 9.88 Å². The Bertz CT molecular complexity index is 880. The van der Waals surface area contributed by atoms with Crippen LogP contribution in [0.4, 0.5) is 23.7 Å². The number of amides is 2. The highest BCUT2D eigenvalue weighted by Gasteiger charge is 2.37. The molecule has 1 fully saturated rings. The topological polar surface area (TPSA) is 74.7 Å². The molecule has 30 heavy (non-hydrogen) atoms. The van der Waals surface area contributed by atoms with E-state index in [0.717, 1.165) is 12.1 Å². The number of nitrogens with one attached hydrogen (secondary N) is 1. The molecule has 1 saturated heterocycles. The fraction of sp³-hybridized carbons (Fsp3) is 0.429. The zero-order valence-electron chi connectivity index (χ0n) is 16.7. The molecule has 1 aliphatic heterocycles. The average molecular weight is 423 g/mol. The van der Waals surface area contributed by atoms with E-state index < -0.39 is 23.4 Å². The van der Waals surface area contributed by atoms with Gasteiger partial charge in [-0.2, -0.15) is 13.2 Å². The number of alkyl halides is 3. The van der Waals surface area contributed by atoms with Crippen LogP contribution in [-0.4, -0.2) is 39.7 Å². The lowest BCUT2D eigenvalue weighted by molar-refractivity contribution is -0.137. The molecule has 0 bridgehead atoms. The van der Waals surface area contributed by atoms with Crippen molar-refractivity contribution in [3.8, 4) is 11.5 Å². The van der Waals surface area contributed by atoms with Crippen molar-refractivity contribution in [1.29, 1.82) is 0 Å². The molecule has 0 atom stereocenters. The largest absolute Gasteiger partial charge is 0.457 e. The molecule has 1 aliphatic rings. The molecular weight excluding hydrogens is 399 g/mol. The van der Waals surface area contributed by atoms with Crippen LogP contribution in [0.3, 0.4) is 0 Å². The van der Waals surface area contributed by atoms with Crippen LogP contribution in [0.15, 0.2) is 42.7 Å². The van der Waals surface area contributed by atoms with Gasteiger partial charge in [0.05, 0.1) is 11.2 Å². The minimum absolute atomic E-state index is 0.0245. The quantitative estimate of drug-likeness (QED) is 0.733. The van der Waals surface area contributed by atoms with Gasteiger partial charge in [-0.3, -0.25) is 4.98 Å². The SMILES string of the molecule is CC(C)C1(O)CCN(C(=O)Nc2cc(Oc3ccncc3)cc(C(F)(F)F)c2)CC1. The van der Waals surface area contributed by atoms with E-state index in [1.807, 2.05) is 13.8 Å². The average Bonchev–Trinajstić information content (AvgIpc) is 2.68. The Hall–Kier alpha value is -2.81. The lowest BCUT2D eigenvalue weighted by Crippen LogP contribution is -2.50.